The number of ether oxygens (including phenoxy) is 2. The summed E-state index contributed by atoms with van der Waals surface area (Å²) in [4.78, 5) is 26.6. The zero-order valence-corrected chi connectivity index (χ0v) is 10.2. The fourth-order valence-electron chi connectivity index (χ4n) is 0.909. The van der Waals surface area contributed by atoms with Gasteiger partial charge in [-0.15, -0.1) is 0 Å². The molecule has 0 heterocycles. The highest BCUT2D eigenvalue weighted by molar-refractivity contribution is 6.00. The van der Waals surface area contributed by atoms with E-state index >= 15 is 0 Å². The number of esters is 2. The van der Waals surface area contributed by atoms with Crippen molar-refractivity contribution in [2.75, 3.05) is 13.2 Å². The minimum absolute atomic E-state index is 0.151. The number of hydrogen-bond donors (Lipinski definition) is 0. The normalized spacial score (nSPS) is 12.2. The van der Waals surface area contributed by atoms with Crippen LogP contribution >= 0.6 is 0 Å². The first kappa shape index (κ1) is 15.1. The lowest BCUT2D eigenvalue weighted by molar-refractivity contribution is -0.156. The summed E-state index contributed by atoms with van der Waals surface area (Å²) < 4.78 is 9.40. The van der Waals surface area contributed by atoms with Crippen LogP contribution in [0, 0.1) is 17.2 Å². The van der Waals surface area contributed by atoms with E-state index in [9.17, 15) is 9.59 Å². The molecule has 0 rings (SSSR count). The van der Waals surface area contributed by atoms with Crippen LogP contribution in [-0.2, 0) is 19.1 Å². The molecule has 0 N–H and O–H groups in total. The van der Waals surface area contributed by atoms with Gasteiger partial charge >= 0.3 is 11.9 Å². The van der Waals surface area contributed by atoms with Crippen molar-refractivity contribution in [3.05, 3.63) is 0 Å². The van der Waals surface area contributed by atoms with Gasteiger partial charge in [-0.2, -0.15) is 5.26 Å². The Balaban J connectivity index is 4.74. The molecule has 0 aromatic carbocycles. The van der Waals surface area contributed by atoms with Crippen LogP contribution in [-0.4, -0.2) is 37.4 Å². The predicted molar refractivity (Wildman–Crippen MR) is 60.3 cm³/mol. The second kappa shape index (κ2) is 8.28. The van der Waals surface area contributed by atoms with Crippen LogP contribution in [0.4, 0.5) is 0 Å². The number of nitrogens with zero attached hydrogens (tertiary/aromatic N) is 2. The van der Waals surface area contributed by atoms with Gasteiger partial charge in [-0.25, -0.2) is 9.59 Å². The molecule has 0 aliphatic rings. The molecule has 0 saturated carbocycles. The van der Waals surface area contributed by atoms with Crippen LogP contribution in [0.2, 0.25) is 0 Å². The number of hydrogen-bond acceptors (Lipinski definition) is 6. The van der Waals surface area contributed by atoms with Crippen molar-refractivity contribution >= 4 is 18.2 Å². The molecule has 0 saturated heterocycles. The molecule has 0 aliphatic carbocycles. The quantitative estimate of drug-likeness (QED) is 0.387. The molecule has 6 heteroatoms. The van der Waals surface area contributed by atoms with Crippen LogP contribution in [0.5, 0.6) is 0 Å². The van der Waals surface area contributed by atoms with E-state index in [1.807, 2.05) is 6.07 Å². The van der Waals surface area contributed by atoms with Gasteiger partial charge < -0.3 is 9.47 Å². The first-order valence-corrected chi connectivity index (χ1v) is 5.32. The second-order valence-electron chi connectivity index (χ2n) is 3.12. The van der Waals surface area contributed by atoms with E-state index in [-0.39, 0.29) is 13.2 Å². The third kappa shape index (κ3) is 5.66. The van der Waals surface area contributed by atoms with Crippen molar-refractivity contribution < 1.29 is 19.1 Å². The van der Waals surface area contributed by atoms with Gasteiger partial charge in [0.15, 0.2) is 0 Å². The highest BCUT2D eigenvalue weighted by atomic mass is 16.6. The minimum Gasteiger partial charge on any atom is -0.464 e. The summed E-state index contributed by atoms with van der Waals surface area (Å²) in [5.41, 5.74) is 0. The maximum atomic E-state index is 11.4. The molecule has 6 nitrogen and oxygen atoms in total. The van der Waals surface area contributed by atoms with Gasteiger partial charge in [-0.3, -0.25) is 4.99 Å². The highest BCUT2D eigenvalue weighted by Crippen LogP contribution is 2.00. The average molecular weight is 240 g/mol. The van der Waals surface area contributed by atoms with Crippen LogP contribution in [0.1, 0.15) is 20.8 Å². The molecule has 94 valence electrons. The Kier molecular flexibility index (Phi) is 7.35. The molecule has 0 bridgehead atoms. The van der Waals surface area contributed by atoms with Crippen LogP contribution in [0.15, 0.2) is 4.99 Å². The van der Waals surface area contributed by atoms with Gasteiger partial charge in [-0.1, -0.05) is 0 Å². The maximum Gasteiger partial charge on any atom is 0.342 e. The van der Waals surface area contributed by atoms with Crippen molar-refractivity contribution in [3.63, 3.8) is 0 Å². The molecule has 1 unspecified atom stereocenters. The molecular weight excluding hydrogens is 224 g/mol. The predicted octanol–water partition coefficient (Wildman–Crippen LogP) is 0.712. The summed E-state index contributed by atoms with van der Waals surface area (Å²) >= 11 is 0. The summed E-state index contributed by atoms with van der Waals surface area (Å²) in [6.45, 7) is 5.15. The van der Waals surface area contributed by atoms with E-state index in [2.05, 4.69) is 4.99 Å². The molecule has 0 fully saturated rings. The largest absolute Gasteiger partial charge is 0.464 e. The molecule has 0 radical (unpaired) electrons. The van der Waals surface area contributed by atoms with Gasteiger partial charge in [-0.05, 0) is 20.8 Å². The topological polar surface area (TPSA) is 88.8 Å². The summed E-state index contributed by atoms with van der Waals surface area (Å²) in [6.07, 6.45) is 1.23. The van der Waals surface area contributed by atoms with Crippen LogP contribution < -0.4 is 0 Å². The third-order valence-corrected chi connectivity index (χ3v) is 1.68. The number of aliphatic imine (C=N–C) groups is 1. The van der Waals surface area contributed by atoms with Crippen molar-refractivity contribution in [3.8, 4) is 6.07 Å². The standard InChI is InChI=1S/C11H16N2O4/c1-4-16-10(14)9(11(15)17-5-2)13-7-8(3)6-12/h7-9H,4-5H2,1-3H3. The van der Waals surface area contributed by atoms with Gasteiger partial charge in [0.25, 0.3) is 0 Å². The van der Waals surface area contributed by atoms with E-state index in [0.29, 0.717) is 0 Å². The van der Waals surface area contributed by atoms with Gasteiger partial charge in [0, 0.05) is 6.21 Å². The monoisotopic (exact) mass is 240 g/mol. The Bertz CT molecular complexity index is 315. The Hall–Kier alpha value is -1.90. The Morgan fingerprint density at radius 1 is 1.29 bits per heavy atom. The van der Waals surface area contributed by atoms with Crippen LogP contribution in [0.25, 0.3) is 0 Å². The fourth-order valence-corrected chi connectivity index (χ4v) is 0.909. The fraction of sp³-hybridized carbons (Fsp3) is 0.636. The molecule has 0 spiro atoms. The molecule has 0 aliphatic heterocycles. The Labute approximate surface area is 100 Å². The number of carbonyl (C=O) groups is 2. The summed E-state index contributed by atoms with van der Waals surface area (Å²) in [5, 5.41) is 8.56. The maximum absolute atomic E-state index is 11.4. The van der Waals surface area contributed by atoms with E-state index in [1.165, 1.54) is 6.21 Å². The molecule has 17 heavy (non-hydrogen) atoms. The molecule has 0 aromatic heterocycles. The Morgan fingerprint density at radius 2 is 1.76 bits per heavy atom. The first-order valence-electron chi connectivity index (χ1n) is 5.32. The smallest absolute Gasteiger partial charge is 0.342 e. The van der Waals surface area contributed by atoms with Gasteiger partial charge in [0.1, 0.15) is 0 Å². The highest BCUT2D eigenvalue weighted by Gasteiger charge is 2.28. The van der Waals surface area contributed by atoms with Crippen LogP contribution in [0.3, 0.4) is 0 Å². The summed E-state index contributed by atoms with van der Waals surface area (Å²) in [6, 6.07) is 0.567. The lowest BCUT2D eigenvalue weighted by Gasteiger charge is -2.10. The van der Waals surface area contributed by atoms with Crippen molar-refractivity contribution in [2.24, 2.45) is 10.9 Å². The summed E-state index contributed by atoms with van der Waals surface area (Å²) in [7, 11) is 0. The number of carbonyl (C=O) groups excluding carboxylic acids is 2. The van der Waals surface area contributed by atoms with E-state index in [4.69, 9.17) is 14.7 Å². The summed E-state index contributed by atoms with van der Waals surface area (Å²) in [5.74, 6) is -2.03. The van der Waals surface area contributed by atoms with E-state index in [1.54, 1.807) is 20.8 Å². The van der Waals surface area contributed by atoms with E-state index < -0.39 is 23.9 Å². The average Bonchev–Trinajstić information content (AvgIpc) is 2.29. The zero-order chi connectivity index (χ0) is 13.3. The lowest BCUT2D eigenvalue weighted by Crippen LogP contribution is -2.32. The molecule has 0 amide bonds. The SMILES string of the molecule is CCOC(=O)C(N=CC(C)C#N)C(=O)OCC. The van der Waals surface area contributed by atoms with Crippen molar-refractivity contribution in [1.29, 1.82) is 5.26 Å². The van der Waals surface area contributed by atoms with Gasteiger partial charge in [0.05, 0.1) is 25.2 Å². The van der Waals surface area contributed by atoms with Crippen molar-refractivity contribution in [1.82, 2.24) is 0 Å². The zero-order valence-electron chi connectivity index (χ0n) is 10.2. The third-order valence-electron chi connectivity index (χ3n) is 1.68. The first-order chi connectivity index (χ1) is 8.06. The van der Waals surface area contributed by atoms with Gasteiger partial charge in [0.2, 0.25) is 6.04 Å². The lowest BCUT2D eigenvalue weighted by atomic mass is 10.2. The molecule has 0 aromatic rings. The van der Waals surface area contributed by atoms with E-state index in [0.717, 1.165) is 0 Å². The molecule has 1 atom stereocenters. The van der Waals surface area contributed by atoms with Crippen molar-refractivity contribution in [2.45, 2.75) is 26.8 Å². The second-order valence-corrected chi connectivity index (χ2v) is 3.12. The number of nitriles is 1. The minimum atomic E-state index is -1.34. The number of rotatable bonds is 6. The molecular formula is C11H16N2O4. The Morgan fingerprint density at radius 3 is 2.12 bits per heavy atom.